The first-order chi connectivity index (χ1) is 18.7. The molecule has 1 fully saturated rings. The predicted molar refractivity (Wildman–Crippen MR) is 139 cm³/mol. The highest BCUT2D eigenvalue weighted by Gasteiger charge is 2.26. The number of amides is 1. The Morgan fingerprint density at radius 1 is 0.974 bits per heavy atom. The number of fused-ring (bicyclic) bond motifs is 2. The first kappa shape index (κ1) is 22.2. The molecule has 1 saturated carbocycles. The lowest BCUT2D eigenvalue weighted by molar-refractivity contribution is -0.122. The zero-order valence-electron chi connectivity index (χ0n) is 19.9. The molecule has 38 heavy (non-hydrogen) atoms. The number of aromatic nitrogens is 8. The van der Waals surface area contributed by atoms with E-state index in [1.54, 1.807) is 30.9 Å². The zero-order valence-corrected chi connectivity index (χ0v) is 19.9. The van der Waals surface area contributed by atoms with Gasteiger partial charge in [0.2, 0.25) is 5.91 Å². The van der Waals surface area contributed by atoms with Crippen LogP contribution < -0.4 is 5.32 Å². The summed E-state index contributed by atoms with van der Waals surface area (Å²) in [7, 11) is 0. The summed E-state index contributed by atoms with van der Waals surface area (Å²) in [5.41, 5.74) is 4.80. The highest BCUT2D eigenvalue weighted by Crippen LogP contribution is 2.34. The van der Waals surface area contributed by atoms with Gasteiger partial charge in [0.1, 0.15) is 11.4 Å². The normalized spacial score (nSPS) is 13.6. The maximum Gasteiger partial charge on any atom is 0.227 e. The first-order valence-corrected chi connectivity index (χ1v) is 12.2. The van der Waals surface area contributed by atoms with Crippen LogP contribution in [0.4, 0.5) is 10.1 Å². The number of carbonyl (C=O) groups excluding carboxylic acids is 1. The molecule has 1 aliphatic rings. The van der Waals surface area contributed by atoms with Crippen LogP contribution in [0.1, 0.15) is 19.3 Å². The van der Waals surface area contributed by atoms with Gasteiger partial charge < -0.3 is 10.3 Å². The summed E-state index contributed by atoms with van der Waals surface area (Å²) < 4.78 is 16.0. The fraction of sp³-hybridized carbons (Fsp3) is 0.148. The molecule has 0 bridgehead atoms. The van der Waals surface area contributed by atoms with Gasteiger partial charge in [0, 0.05) is 41.8 Å². The highest BCUT2D eigenvalue weighted by atomic mass is 19.1. The second-order valence-corrected chi connectivity index (χ2v) is 9.24. The standard InChI is InChI=1S/C27H20FN9O/c28-21-20-19(13-32-22(21)16-10-17(12-30-11-16)33-27(38)15-2-1-3-15)36-37-24(20)26-34-23-18(6-9-31-25(23)35-26)14-4-7-29-8-5-14/h4-13,15H,1-3H2,(H,33,38)(H,36,37)(H,31,34,35). The van der Waals surface area contributed by atoms with Gasteiger partial charge in [-0.05, 0) is 42.7 Å². The van der Waals surface area contributed by atoms with Crippen molar-refractivity contribution in [3.8, 4) is 33.9 Å². The van der Waals surface area contributed by atoms with E-state index in [0.717, 1.165) is 30.4 Å². The number of imidazole rings is 1. The Kier molecular flexibility index (Phi) is 5.13. The maximum absolute atomic E-state index is 16.0. The van der Waals surface area contributed by atoms with E-state index < -0.39 is 5.82 Å². The Balaban J connectivity index is 1.30. The number of hydrogen-bond donors (Lipinski definition) is 3. The van der Waals surface area contributed by atoms with Crippen LogP contribution in [0.25, 0.3) is 56.0 Å². The van der Waals surface area contributed by atoms with Crippen LogP contribution in [-0.4, -0.2) is 46.0 Å². The quantitative estimate of drug-likeness (QED) is 0.303. The van der Waals surface area contributed by atoms with Crippen molar-refractivity contribution in [3.05, 3.63) is 67.3 Å². The fourth-order valence-corrected chi connectivity index (χ4v) is 4.70. The molecule has 0 radical (unpaired) electrons. The van der Waals surface area contributed by atoms with Crippen molar-refractivity contribution in [2.75, 3.05) is 5.32 Å². The molecular formula is C27H20FN9O. The molecule has 6 aromatic heterocycles. The Hall–Kier alpha value is -5.06. The predicted octanol–water partition coefficient (Wildman–Crippen LogP) is 4.90. The second kappa shape index (κ2) is 8.80. The van der Waals surface area contributed by atoms with Gasteiger partial charge in [-0.1, -0.05) is 6.42 Å². The van der Waals surface area contributed by atoms with E-state index in [1.807, 2.05) is 18.2 Å². The molecular weight excluding hydrogens is 485 g/mol. The van der Waals surface area contributed by atoms with Crippen LogP contribution in [0.5, 0.6) is 0 Å². The third-order valence-electron chi connectivity index (χ3n) is 6.91. The van der Waals surface area contributed by atoms with Crippen molar-refractivity contribution >= 4 is 33.7 Å². The van der Waals surface area contributed by atoms with E-state index in [0.29, 0.717) is 39.4 Å². The molecule has 0 aliphatic heterocycles. The lowest BCUT2D eigenvalue weighted by atomic mass is 9.85. The van der Waals surface area contributed by atoms with Crippen molar-refractivity contribution < 1.29 is 9.18 Å². The summed E-state index contributed by atoms with van der Waals surface area (Å²) >= 11 is 0. The average Bonchev–Trinajstić information content (AvgIpc) is 3.53. The molecule has 0 spiro atoms. The molecule has 6 aromatic rings. The molecule has 6 heterocycles. The van der Waals surface area contributed by atoms with Crippen LogP contribution >= 0.6 is 0 Å². The van der Waals surface area contributed by atoms with Crippen molar-refractivity contribution in [1.29, 1.82) is 0 Å². The molecule has 0 aromatic carbocycles. The van der Waals surface area contributed by atoms with Crippen LogP contribution in [-0.2, 0) is 4.79 Å². The minimum absolute atomic E-state index is 0.0238. The molecule has 0 atom stereocenters. The number of H-pyrrole nitrogens is 2. The van der Waals surface area contributed by atoms with Crippen LogP contribution in [0.2, 0.25) is 0 Å². The van der Waals surface area contributed by atoms with Crippen LogP contribution in [0.15, 0.2) is 61.4 Å². The summed E-state index contributed by atoms with van der Waals surface area (Å²) in [6, 6.07) is 7.35. The summed E-state index contributed by atoms with van der Waals surface area (Å²) in [4.78, 5) is 37.2. The number of aromatic amines is 2. The van der Waals surface area contributed by atoms with E-state index in [9.17, 15) is 4.79 Å². The molecule has 0 unspecified atom stereocenters. The van der Waals surface area contributed by atoms with Crippen molar-refractivity contribution in [2.24, 2.45) is 5.92 Å². The summed E-state index contributed by atoms with van der Waals surface area (Å²) in [6.45, 7) is 0. The zero-order chi connectivity index (χ0) is 25.6. The average molecular weight is 506 g/mol. The molecule has 3 N–H and O–H groups in total. The maximum atomic E-state index is 16.0. The molecule has 10 nitrogen and oxygen atoms in total. The molecule has 7 rings (SSSR count). The van der Waals surface area contributed by atoms with Gasteiger partial charge >= 0.3 is 0 Å². The van der Waals surface area contributed by atoms with Crippen LogP contribution in [0.3, 0.4) is 0 Å². The van der Waals surface area contributed by atoms with Gasteiger partial charge in [-0.2, -0.15) is 5.10 Å². The Morgan fingerprint density at radius 2 is 1.84 bits per heavy atom. The number of carbonyl (C=O) groups is 1. The number of pyridine rings is 4. The number of anilines is 1. The number of halogens is 1. The Morgan fingerprint density at radius 3 is 2.66 bits per heavy atom. The SMILES string of the molecule is O=C(Nc1cncc(-c2ncc3[nH]nc(-c4nc5nccc(-c6ccncc6)c5[nH]4)c3c2F)c1)C1CCC1. The number of rotatable bonds is 5. The molecule has 1 amide bonds. The fourth-order valence-electron chi connectivity index (χ4n) is 4.70. The number of nitrogens with one attached hydrogen (secondary N) is 3. The van der Waals surface area contributed by atoms with Gasteiger partial charge in [0.05, 0.1) is 34.5 Å². The monoisotopic (exact) mass is 505 g/mol. The Bertz CT molecular complexity index is 1830. The van der Waals surface area contributed by atoms with Crippen LogP contribution in [0, 0.1) is 11.7 Å². The van der Waals surface area contributed by atoms with Crippen molar-refractivity contribution in [2.45, 2.75) is 19.3 Å². The Labute approximate surface area is 214 Å². The minimum Gasteiger partial charge on any atom is -0.335 e. The molecule has 0 saturated heterocycles. The largest absolute Gasteiger partial charge is 0.335 e. The van der Waals surface area contributed by atoms with E-state index >= 15 is 4.39 Å². The van der Waals surface area contributed by atoms with E-state index in [-0.39, 0.29) is 22.9 Å². The van der Waals surface area contributed by atoms with Gasteiger partial charge in [-0.3, -0.25) is 24.8 Å². The lowest BCUT2D eigenvalue weighted by Gasteiger charge is -2.24. The third kappa shape index (κ3) is 3.67. The second-order valence-electron chi connectivity index (χ2n) is 9.24. The summed E-state index contributed by atoms with van der Waals surface area (Å²) in [6.07, 6.45) is 12.5. The molecule has 186 valence electrons. The molecule has 11 heteroatoms. The molecule has 1 aliphatic carbocycles. The minimum atomic E-state index is -0.571. The van der Waals surface area contributed by atoms with E-state index in [4.69, 9.17) is 0 Å². The topological polar surface area (TPSA) is 138 Å². The van der Waals surface area contributed by atoms with Gasteiger partial charge in [-0.15, -0.1) is 0 Å². The third-order valence-corrected chi connectivity index (χ3v) is 6.91. The van der Waals surface area contributed by atoms with Gasteiger partial charge in [0.25, 0.3) is 0 Å². The van der Waals surface area contributed by atoms with E-state index in [2.05, 4.69) is 45.4 Å². The van der Waals surface area contributed by atoms with Crippen molar-refractivity contribution in [3.63, 3.8) is 0 Å². The van der Waals surface area contributed by atoms with E-state index in [1.165, 1.54) is 12.4 Å². The smallest absolute Gasteiger partial charge is 0.227 e. The first-order valence-electron chi connectivity index (χ1n) is 12.2. The summed E-state index contributed by atoms with van der Waals surface area (Å²) in [5.74, 6) is -0.217. The lowest BCUT2D eigenvalue weighted by Crippen LogP contribution is -2.28. The summed E-state index contributed by atoms with van der Waals surface area (Å²) in [5, 5.41) is 10.3. The number of nitrogens with zero attached hydrogens (tertiary/aromatic N) is 6. The van der Waals surface area contributed by atoms with Gasteiger partial charge in [0.15, 0.2) is 17.3 Å². The van der Waals surface area contributed by atoms with Crippen molar-refractivity contribution in [1.82, 2.24) is 40.1 Å². The number of hydrogen-bond acceptors (Lipinski definition) is 7. The highest BCUT2D eigenvalue weighted by molar-refractivity contribution is 5.97. The van der Waals surface area contributed by atoms with Gasteiger partial charge in [-0.25, -0.2) is 14.4 Å².